The molecule has 0 spiro atoms. The normalized spacial score (nSPS) is 25.7. The first-order valence-electron chi connectivity index (χ1n) is 11.7. The van der Waals surface area contributed by atoms with Gasteiger partial charge >= 0.3 is 6.03 Å². The molecule has 1 aliphatic carbocycles. The minimum Gasteiger partial charge on any atom is -0.371 e. The van der Waals surface area contributed by atoms with Gasteiger partial charge in [0.1, 0.15) is 11.6 Å². The number of piperazine rings is 1. The standard InChI is InChI=1S/C24H30FN7O/c1-15-11-17(7-8-26-15)23-20-13-27-22(12-21(20)29-30-23)28-24(33)32-10-9-31(14-16(32)2)19-5-3-18(25)4-6-19/h3,5,8,12-13,15-17H,4,6-7,9-11,14H2,1-2H3,(H,29,30)(H,27,28,33). The number of H-pyrrole nitrogens is 1. The van der Waals surface area contributed by atoms with E-state index in [1.54, 1.807) is 12.3 Å². The van der Waals surface area contributed by atoms with Gasteiger partial charge in [-0.25, -0.2) is 14.2 Å². The summed E-state index contributed by atoms with van der Waals surface area (Å²) in [5.41, 5.74) is 3.03. The topological polar surface area (TPSA) is 89.5 Å². The second kappa shape index (κ2) is 8.96. The summed E-state index contributed by atoms with van der Waals surface area (Å²) in [4.78, 5) is 26.0. The highest BCUT2D eigenvalue weighted by Gasteiger charge is 2.29. The van der Waals surface area contributed by atoms with Crippen LogP contribution in [-0.2, 0) is 0 Å². The molecule has 174 valence electrons. The van der Waals surface area contributed by atoms with Gasteiger partial charge < -0.3 is 9.80 Å². The van der Waals surface area contributed by atoms with Crippen LogP contribution >= 0.6 is 0 Å². The van der Waals surface area contributed by atoms with Gasteiger partial charge in [0.05, 0.1) is 5.52 Å². The van der Waals surface area contributed by atoms with E-state index in [-0.39, 0.29) is 17.9 Å². The van der Waals surface area contributed by atoms with E-state index in [0.717, 1.165) is 48.2 Å². The Balaban J connectivity index is 1.23. The smallest absolute Gasteiger partial charge is 0.323 e. The van der Waals surface area contributed by atoms with Gasteiger partial charge in [0.2, 0.25) is 0 Å². The lowest BCUT2D eigenvalue weighted by atomic mass is 9.91. The summed E-state index contributed by atoms with van der Waals surface area (Å²) in [6, 6.07) is 2.00. The van der Waals surface area contributed by atoms with Gasteiger partial charge in [-0.1, -0.05) is 0 Å². The van der Waals surface area contributed by atoms with Gasteiger partial charge in [0, 0.05) is 73.1 Å². The van der Waals surface area contributed by atoms with Crippen LogP contribution in [-0.4, -0.2) is 68.9 Å². The molecule has 0 aromatic carbocycles. The van der Waals surface area contributed by atoms with Crippen LogP contribution in [0.1, 0.15) is 51.1 Å². The number of pyridine rings is 1. The molecule has 1 saturated heterocycles. The molecule has 3 aliphatic rings. The molecule has 0 bridgehead atoms. The molecule has 3 unspecified atom stereocenters. The summed E-state index contributed by atoms with van der Waals surface area (Å²) < 4.78 is 13.3. The largest absolute Gasteiger partial charge is 0.371 e. The fourth-order valence-electron chi connectivity index (χ4n) is 5.04. The van der Waals surface area contributed by atoms with Crippen LogP contribution in [0.15, 0.2) is 40.9 Å². The number of aromatic amines is 1. The van der Waals surface area contributed by atoms with Gasteiger partial charge in [-0.05, 0) is 51.5 Å². The van der Waals surface area contributed by atoms with Gasteiger partial charge in [-0.2, -0.15) is 5.10 Å². The molecule has 2 amide bonds. The molecule has 2 aromatic heterocycles. The van der Waals surface area contributed by atoms with Crippen LogP contribution in [0.2, 0.25) is 0 Å². The zero-order valence-corrected chi connectivity index (χ0v) is 19.1. The van der Waals surface area contributed by atoms with Crippen molar-refractivity contribution in [2.24, 2.45) is 4.99 Å². The second-order valence-corrected chi connectivity index (χ2v) is 9.26. The monoisotopic (exact) mass is 451 g/mol. The number of carbonyl (C=O) groups is 1. The quantitative estimate of drug-likeness (QED) is 0.725. The number of aliphatic imine (C=N–C) groups is 1. The van der Waals surface area contributed by atoms with Gasteiger partial charge in [-0.3, -0.25) is 15.4 Å². The maximum Gasteiger partial charge on any atom is 0.323 e. The molecule has 2 N–H and O–H groups in total. The van der Waals surface area contributed by atoms with E-state index >= 15 is 0 Å². The van der Waals surface area contributed by atoms with E-state index in [4.69, 9.17) is 0 Å². The molecule has 4 heterocycles. The number of aromatic nitrogens is 3. The number of anilines is 1. The van der Waals surface area contributed by atoms with Crippen LogP contribution < -0.4 is 5.32 Å². The Bertz CT molecular complexity index is 1140. The number of nitrogens with zero attached hydrogens (tertiary/aromatic N) is 5. The molecule has 9 heteroatoms. The Kier molecular flexibility index (Phi) is 5.86. The van der Waals surface area contributed by atoms with Crippen molar-refractivity contribution in [2.75, 3.05) is 25.0 Å². The number of nitrogens with one attached hydrogen (secondary N) is 2. The van der Waals surface area contributed by atoms with Crippen molar-refractivity contribution in [3.05, 3.63) is 41.6 Å². The van der Waals surface area contributed by atoms with Gasteiger partial charge in [0.25, 0.3) is 0 Å². The zero-order chi connectivity index (χ0) is 22.9. The van der Waals surface area contributed by atoms with E-state index in [1.807, 2.05) is 30.2 Å². The summed E-state index contributed by atoms with van der Waals surface area (Å²) in [5, 5.41) is 11.6. The van der Waals surface area contributed by atoms with Crippen LogP contribution in [0.4, 0.5) is 15.0 Å². The first kappa shape index (κ1) is 21.6. The number of carbonyl (C=O) groups excluding carboxylic acids is 1. The Morgan fingerprint density at radius 3 is 2.88 bits per heavy atom. The highest BCUT2D eigenvalue weighted by atomic mass is 19.1. The fourth-order valence-corrected chi connectivity index (χ4v) is 5.04. The van der Waals surface area contributed by atoms with Crippen LogP contribution in [0.3, 0.4) is 0 Å². The molecular formula is C24H30FN7O. The van der Waals surface area contributed by atoms with Crippen molar-refractivity contribution in [2.45, 2.75) is 57.5 Å². The number of urea groups is 1. The third kappa shape index (κ3) is 4.49. The Labute approximate surface area is 192 Å². The highest BCUT2D eigenvalue weighted by molar-refractivity contribution is 5.91. The number of hydrogen-bond acceptors (Lipinski definition) is 5. The molecule has 0 radical (unpaired) electrons. The van der Waals surface area contributed by atoms with E-state index in [9.17, 15) is 9.18 Å². The van der Waals surface area contributed by atoms with E-state index in [1.165, 1.54) is 0 Å². The lowest BCUT2D eigenvalue weighted by Crippen LogP contribution is -2.54. The minimum absolute atomic E-state index is 0.0334. The first-order chi connectivity index (χ1) is 16.0. The van der Waals surface area contributed by atoms with Crippen LogP contribution in [0, 0.1) is 0 Å². The maximum absolute atomic E-state index is 13.3. The molecule has 1 fully saturated rings. The van der Waals surface area contributed by atoms with Gasteiger partial charge in [-0.15, -0.1) is 0 Å². The lowest BCUT2D eigenvalue weighted by molar-refractivity contribution is 0.126. The maximum atomic E-state index is 13.3. The van der Waals surface area contributed by atoms with E-state index in [0.29, 0.717) is 37.2 Å². The van der Waals surface area contributed by atoms with Crippen molar-refractivity contribution in [1.82, 2.24) is 25.0 Å². The Hall–Kier alpha value is -3.23. The molecule has 2 aliphatic heterocycles. The predicted molar refractivity (Wildman–Crippen MR) is 127 cm³/mol. The van der Waals surface area contributed by atoms with Crippen molar-refractivity contribution in [1.29, 1.82) is 0 Å². The van der Waals surface area contributed by atoms with E-state index in [2.05, 4.69) is 37.3 Å². The lowest BCUT2D eigenvalue weighted by Gasteiger charge is -2.42. The third-order valence-corrected chi connectivity index (χ3v) is 6.86. The SMILES string of the molecule is CC1CC(c2[nH]nc3cc(NC(=O)N4CCN(C5=CC=C(F)CC5)CC4C)ncc23)CC=N1. The zero-order valence-electron chi connectivity index (χ0n) is 19.1. The third-order valence-electron chi connectivity index (χ3n) is 6.86. The Morgan fingerprint density at radius 2 is 2.12 bits per heavy atom. The first-order valence-corrected chi connectivity index (χ1v) is 11.7. The second-order valence-electron chi connectivity index (χ2n) is 9.26. The molecule has 33 heavy (non-hydrogen) atoms. The fraction of sp³-hybridized carbons (Fsp3) is 0.500. The Morgan fingerprint density at radius 1 is 1.24 bits per heavy atom. The van der Waals surface area contributed by atoms with Crippen molar-refractivity contribution >= 4 is 29.0 Å². The number of hydrogen-bond donors (Lipinski definition) is 2. The molecular weight excluding hydrogens is 421 g/mol. The number of allylic oxidation sites excluding steroid dienone is 4. The molecule has 2 aromatic rings. The highest BCUT2D eigenvalue weighted by Crippen LogP contribution is 2.32. The summed E-state index contributed by atoms with van der Waals surface area (Å²) in [6.45, 7) is 6.23. The van der Waals surface area contributed by atoms with Gasteiger partial charge in [0.15, 0.2) is 0 Å². The average Bonchev–Trinajstić information content (AvgIpc) is 3.23. The number of amides is 2. The number of rotatable bonds is 3. The van der Waals surface area contributed by atoms with Crippen molar-refractivity contribution in [3.63, 3.8) is 0 Å². The van der Waals surface area contributed by atoms with Crippen molar-refractivity contribution < 1.29 is 9.18 Å². The minimum atomic E-state index is -0.161. The summed E-state index contributed by atoms with van der Waals surface area (Å²) in [7, 11) is 0. The predicted octanol–water partition coefficient (Wildman–Crippen LogP) is 4.36. The summed E-state index contributed by atoms with van der Waals surface area (Å²) in [6.07, 6.45) is 10.2. The van der Waals surface area contributed by atoms with Crippen molar-refractivity contribution in [3.8, 4) is 0 Å². The van der Waals surface area contributed by atoms with E-state index < -0.39 is 0 Å². The molecule has 5 rings (SSSR count). The molecule has 3 atom stereocenters. The van der Waals surface area contributed by atoms with Crippen LogP contribution in [0.25, 0.3) is 10.9 Å². The number of fused-ring (bicyclic) bond motifs is 1. The summed E-state index contributed by atoms with van der Waals surface area (Å²) in [5.74, 6) is 0.781. The molecule has 8 nitrogen and oxygen atoms in total. The summed E-state index contributed by atoms with van der Waals surface area (Å²) >= 11 is 0. The number of halogens is 1. The average molecular weight is 452 g/mol. The van der Waals surface area contributed by atoms with Crippen LogP contribution in [0.5, 0.6) is 0 Å². The molecule has 0 saturated carbocycles.